The molecule has 0 saturated carbocycles. The summed E-state index contributed by atoms with van der Waals surface area (Å²) >= 11 is 0. The van der Waals surface area contributed by atoms with E-state index < -0.39 is 10.9 Å². The van der Waals surface area contributed by atoms with Gasteiger partial charge in [0.15, 0.2) is 23.0 Å². The summed E-state index contributed by atoms with van der Waals surface area (Å²) in [5.41, 5.74) is 1.28. The van der Waals surface area contributed by atoms with Crippen LogP contribution in [-0.2, 0) is 4.79 Å². The van der Waals surface area contributed by atoms with Crippen molar-refractivity contribution in [1.29, 1.82) is 0 Å². The van der Waals surface area contributed by atoms with E-state index in [4.69, 9.17) is 18.9 Å². The maximum absolute atomic E-state index is 12.3. The van der Waals surface area contributed by atoms with Gasteiger partial charge in [-0.1, -0.05) is 26.0 Å². The van der Waals surface area contributed by atoms with Crippen LogP contribution in [0.1, 0.15) is 31.4 Å². The number of benzene rings is 2. The minimum Gasteiger partial charge on any atom is -0.493 e. The molecule has 0 heterocycles. The van der Waals surface area contributed by atoms with Crippen LogP contribution in [0.3, 0.4) is 0 Å². The lowest BCUT2D eigenvalue weighted by Gasteiger charge is -2.12. The number of hydrogen-bond donors (Lipinski definition) is 0. The zero-order chi connectivity index (χ0) is 23.5. The Balaban J connectivity index is 2.06. The Kier molecular flexibility index (Phi) is 9.28. The molecule has 32 heavy (non-hydrogen) atoms. The first-order valence-electron chi connectivity index (χ1n) is 10.0. The van der Waals surface area contributed by atoms with Gasteiger partial charge in [-0.2, -0.15) is 0 Å². The second kappa shape index (κ2) is 12.1. The molecule has 0 aromatic heterocycles. The highest BCUT2D eigenvalue weighted by Crippen LogP contribution is 2.30. The average molecular weight is 441 g/mol. The summed E-state index contributed by atoms with van der Waals surface area (Å²) in [5, 5.41) is 10.5. The molecule has 0 radical (unpaired) electrons. The summed E-state index contributed by atoms with van der Waals surface area (Å²) in [5.74, 6) is 1.64. The summed E-state index contributed by atoms with van der Waals surface area (Å²) in [4.78, 5) is 22.1. The van der Waals surface area contributed by atoms with Crippen molar-refractivity contribution >= 4 is 18.1 Å². The summed E-state index contributed by atoms with van der Waals surface area (Å²) in [7, 11) is 2.98. The molecular formula is C24H27NO7. The van der Waals surface area contributed by atoms with E-state index in [1.54, 1.807) is 31.4 Å². The molecule has 0 N–H and O–H groups in total. The van der Waals surface area contributed by atoms with Crippen LogP contribution in [0.15, 0.2) is 48.7 Å². The molecule has 0 aliphatic heterocycles. The Labute approximate surface area is 187 Å². The molecule has 0 spiro atoms. The van der Waals surface area contributed by atoms with Crippen LogP contribution < -0.4 is 18.9 Å². The predicted octanol–water partition coefficient (Wildman–Crippen LogP) is 4.99. The third-order valence-corrected chi connectivity index (χ3v) is 4.34. The molecule has 0 aliphatic rings. The largest absolute Gasteiger partial charge is 0.493 e. The number of esters is 1. The van der Waals surface area contributed by atoms with Crippen LogP contribution in [-0.4, -0.2) is 31.7 Å². The topological polar surface area (TPSA) is 97.1 Å². The van der Waals surface area contributed by atoms with Gasteiger partial charge in [-0.3, -0.25) is 10.1 Å². The fourth-order valence-electron chi connectivity index (χ4n) is 2.64. The number of methoxy groups -OCH3 is 2. The Hall–Kier alpha value is -3.81. The fourth-order valence-corrected chi connectivity index (χ4v) is 2.64. The predicted molar refractivity (Wildman–Crippen MR) is 122 cm³/mol. The number of nitro groups is 1. The fraction of sp³-hybridized carbons (Fsp3) is 0.292. The molecule has 0 aliphatic carbocycles. The maximum atomic E-state index is 12.3. The first-order chi connectivity index (χ1) is 15.3. The Morgan fingerprint density at radius 2 is 1.56 bits per heavy atom. The Bertz CT molecular complexity index is 996. The van der Waals surface area contributed by atoms with Crippen molar-refractivity contribution in [2.75, 3.05) is 20.8 Å². The van der Waals surface area contributed by atoms with Crippen LogP contribution in [0.25, 0.3) is 12.2 Å². The van der Waals surface area contributed by atoms with Crippen molar-refractivity contribution in [3.63, 3.8) is 0 Å². The standard InChI is InChI=1S/C24H27NO7/c1-17(2)12-14-31-20-8-5-18(15-22(20)29-3)7-10-24(26)32-21-9-6-19(11-13-25(27)28)16-23(21)30-4/h5-11,13,15-17H,12,14H2,1-4H3/b10-7+,13-11+. The lowest BCUT2D eigenvalue weighted by molar-refractivity contribution is -0.400. The van der Waals surface area contributed by atoms with Crippen molar-refractivity contribution in [2.45, 2.75) is 20.3 Å². The summed E-state index contributed by atoms with van der Waals surface area (Å²) in [6.07, 6.45) is 5.96. The van der Waals surface area contributed by atoms with Crippen LogP contribution in [0.4, 0.5) is 0 Å². The molecule has 2 aromatic rings. The molecule has 170 valence electrons. The Morgan fingerprint density at radius 3 is 2.16 bits per heavy atom. The van der Waals surface area contributed by atoms with Gasteiger partial charge < -0.3 is 18.9 Å². The molecular weight excluding hydrogens is 414 g/mol. The zero-order valence-electron chi connectivity index (χ0n) is 18.6. The average Bonchev–Trinajstić information content (AvgIpc) is 2.77. The number of ether oxygens (including phenoxy) is 4. The van der Waals surface area contributed by atoms with E-state index in [9.17, 15) is 14.9 Å². The van der Waals surface area contributed by atoms with E-state index in [0.29, 0.717) is 29.6 Å². The normalized spacial score (nSPS) is 11.2. The quantitative estimate of drug-likeness (QED) is 0.159. The van der Waals surface area contributed by atoms with Gasteiger partial charge in [0.2, 0.25) is 6.20 Å². The molecule has 8 heteroatoms. The van der Waals surface area contributed by atoms with Gasteiger partial charge in [-0.25, -0.2) is 4.79 Å². The minimum absolute atomic E-state index is 0.201. The van der Waals surface area contributed by atoms with Gasteiger partial charge in [-0.15, -0.1) is 0 Å². The highest BCUT2D eigenvalue weighted by Gasteiger charge is 2.10. The second-order valence-electron chi connectivity index (χ2n) is 7.21. The van der Waals surface area contributed by atoms with Crippen molar-refractivity contribution in [3.05, 3.63) is 69.9 Å². The summed E-state index contributed by atoms with van der Waals surface area (Å²) in [6.45, 7) is 4.85. The van der Waals surface area contributed by atoms with E-state index in [0.717, 1.165) is 18.2 Å². The van der Waals surface area contributed by atoms with Crippen molar-refractivity contribution in [3.8, 4) is 23.0 Å². The number of carbonyl (C=O) groups excluding carboxylic acids is 1. The molecule has 8 nitrogen and oxygen atoms in total. The van der Waals surface area contributed by atoms with E-state index in [1.165, 1.54) is 31.4 Å². The molecule has 0 amide bonds. The molecule has 2 rings (SSSR count). The molecule has 0 bridgehead atoms. The van der Waals surface area contributed by atoms with Gasteiger partial charge in [0.25, 0.3) is 0 Å². The number of carbonyl (C=O) groups is 1. The molecule has 0 saturated heterocycles. The van der Waals surface area contributed by atoms with Crippen molar-refractivity contribution < 1.29 is 28.7 Å². The summed E-state index contributed by atoms with van der Waals surface area (Å²) in [6, 6.07) is 10.0. The van der Waals surface area contributed by atoms with Crippen LogP contribution in [0.2, 0.25) is 0 Å². The van der Waals surface area contributed by atoms with Gasteiger partial charge in [-0.05, 0) is 53.8 Å². The molecule has 0 atom stereocenters. The van der Waals surface area contributed by atoms with Crippen molar-refractivity contribution in [1.82, 2.24) is 0 Å². The maximum Gasteiger partial charge on any atom is 0.336 e. The van der Waals surface area contributed by atoms with Gasteiger partial charge in [0.05, 0.1) is 25.7 Å². The first-order valence-corrected chi connectivity index (χ1v) is 10.0. The number of nitrogens with zero attached hydrogens (tertiary/aromatic N) is 1. The molecule has 0 fully saturated rings. The number of hydrogen-bond acceptors (Lipinski definition) is 7. The van der Waals surface area contributed by atoms with Crippen molar-refractivity contribution in [2.24, 2.45) is 5.92 Å². The van der Waals surface area contributed by atoms with E-state index in [2.05, 4.69) is 13.8 Å². The number of rotatable bonds is 11. The lowest BCUT2D eigenvalue weighted by Crippen LogP contribution is -2.05. The molecule has 2 aromatic carbocycles. The lowest BCUT2D eigenvalue weighted by atomic mass is 10.1. The third-order valence-electron chi connectivity index (χ3n) is 4.34. The smallest absolute Gasteiger partial charge is 0.336 e. The monoisotopic (exact) mass is 441 g/mol. The van der Waals surface area contributed by atoms with E-state index in [1.807, 2.05) is 6.07 Å². The van der Waals surface area contributed by atoms with Crippen LogP contribution in [0, 0.1) is 16.0 Å². The highest BCUT2D eigenvalue weighted by atomic mass is 16.6. The summed E-state index contributed by atoms with van der Waals surface area (Å²) < 4.78 is 21.7. The van der Waals surface area contributed by atoms with Crippen LogP contribution >= 0.6 is 0 Å². The SMILES string of the molecule is COc1cc(/C=C/C(=O)Oc2ccc(/C=C/[N+](=O)[O-])cc2OC)ccc1OCCC(C)C. The van der Waals surface area contributed by atoms with Crippen LogP contribution in [0.5, 0.6) is 23.0 Å². The van der Waals surface area contributed by atoms with Gasteiger partial charge >= 0.3 is 5.97 Å². The Morgan fingerprint density at radius 1 is 0.969 bits per heavy atom. The van der Waals surface area contributed by atoms with E-state index >= 15 is 0 Å². The molecule has 0 unspecified atom stereocenters. The van der Waals surface area contributed by atoms with Gasteiger partial charge in [0, 0.05) is 12.2 Å². The first kappa shape index (κ1) is 24.5. The van der Waals surface area contributed by atoms with Gasteiger partial charge in [0.1, 0.15) is 0 Å². The third kappa shape index (κ3) is 7.79. The zero-order valence-corrected chi connectivity index (χ0v) is 18.6. The minimum atomic E-state index is -0.604. The second-order valence-corrected chi connectivity index (χ2v) is 7.21. The highest BCUT2D eigenvalue weighted by molar-refractivity contribution is 5.89. The van der Waals surface area contributed by atoms with E-state index in [-0.39, 0.29) is 11.5 Å².